The van der Waals surface area contributed by atoms with Gasteiger partial charge >= 0.3 is 0 Å². The second-order valence-corrected chi connectivity index (χ2v) is 8.13. The Balaban J connectivity index is 1.78. The molecule has 2 aromatic heterocycles. The number of thiazole rings is 1. The van der Waals surface area contributed by atoms with Crippen molar-refractivity contribution < 1.29 is 9.18 Å². The van der Waals surface area contributed by atoms with Crippen LogP contribution >= 0.6 is 11.3 Å². The van der Waals surface area contributed by atoms with Gasteiger partial charge in [-0.1, -0.05) is 18.7 Å². The second-order valence-electron chi connectivity index (χ2n) is 7.41. The van der Waals surface area contributed by atoms with Crippen LogP contribution in [0, 0.1) is 5.82 Å². The summed E-state index contributed by atoms with van der Waals surface area (Å²) in [6, 6.07) is 7.13. The SMILES string of the molecule is C=C(/C=C(/NC(=O)[C@H](Cc1ccc(F)cc1)NCc1cscn1)N(C)N)c1ccnc(NC)n1. The van der Waals surface area contributed by atoms with Gasteiger partial charge in [0.2, 0.25) is 11.9 Å². The molecular formula is C23H27FN8OS. The van der Waals surface area contributed by atoms with E-state index in [9.17, 15) is 9.18 Å². The van der Waals surface area contributed by atoms with Crippen molar-refractivity contribution in [2.24, 2.45) is 5.84 Å². The van der Waals surface area contributed by atoms with Gasteiger partial charge in [0.1, 0.15) is 11.6 Å². The molecule has 9 nitrogen and oxygen atoms in total. The Bertz CT molecular complexity index is 1130. The number of hydrogen-bond acceptors (Lipinski definition) is 9. The van der Waals surface area contributed by atoms with Gasteiger partial charge in [0.25, 0.3) is 0 Å². The molecule has 0 bridgehead atoms. The maximum Gasteiger partial charge on any atom is 0.242 e. The van der Waals surface area contributed by atoms with E-state index in [4.69, 9.17) is 5.84 Å². The van der Waals surface area contributed by atoms with Crippen LogP contribution in [0.15, 0.2) is 65.9 Å². The first-order chi connectivity index (χ1) is 16.4. The number of hydrogen-bond donors (Lipinski definition) is 4. The van der Waals surface area contributed by atoms with E-state index in [1.807, 2.05) is 5.38 Å². The third kappa shape index (κ3) is 7.17. The van der Waals surface area contributed by atoms with Gasteiger partial charge in [-0.3, -0.25) is 15.1 Å². The molecule has 0 fully saturated rings. The van der Waals surface area contributed by atoms with Gasteiger partial charge in [-0.05, 0) is 41.8 Å². The summed E-state index contributed by atoms with van der Waals surface area (Å²) in [4.78, 5) is 25.9. The molecule has 0 aliphatic carbocycles. The van der Waals surface area contributed by atoms with Crippen LogP contribution < -0.4 is 21.8 Å². The average Bonchev–Trinajstić information content (AvgIpc) is 3.36. The molecule has 178 valence electrons. The van der Waals surface area contributed by atoms with Crippen LogP contribution in [-0.2, 0) is 17.8 Å². The summed E-state index contributed by atoms with van der Waals surface area (Å²) in [6.45, 7) is 4.44. The number of rotatable bonds is 11. The van der Waals surface area contributed by atoms with Crippen molar-refractivity contribution >= 4 is 28.8 Å². The number of nitrogens with one attached hydrogen (secondary N) is 3. The number of hydrazine groups is 1. The van der Waals surface area contributed by atoms with Gasteiger partial charge in [-0.25, -0.2) is 25.2 Å². The monoisotopic (exact) mass is 482 g/mol. The molecule has 3 aromatic rings. The average molecular weight is 483 g/mol. The minimum atomic E-state index is -0.626. The summed E-state index contributed by atoms with van der Waals surface area (Å²) in [5.41, 5.74) is 4.48. The smallest absolute Gasteiger partial charge is 0.242 e. The normalized spacial score (nSPS) is 12.2. The van der Waals surface area contributed by atoms with Crippen LogP contribution in [-0.4, -0.2) is 46.0 Å². The Morgan fingerprint density at radius 2 is 2.06 bits per heavy atom. The predicted molar refractivity (Wildman–Crippen MR) is 132 cm³/mol. The maximum atomic E-state index is 13.3. The summed E-state index contributed by atoms with van der Waals surface area (Å²) in [5.74, 6) is 6.12. The molecule has 2 heterocycles. The number of benzene rings is 1. The van der Waals surface area contributed by atoms with E-state index in [-0.39, 0.29) is 11.7 Å². The molecule has 3 rings (SSSR count). The van der Waals surface area contributed by atoms with Crippen molar-refractivity contribution in [2.45, 2.75) is 19.0 Å². The Kier molecular flexibility index (Phi) is 8.79. The fraction of sp³-hybridized carbons (Fsp3) is 0.217. The molecule has 0 aliphatic heterocycles. The van der Waals surface area contributed by atoms with Crippen molar-refractivity contribution in [1.29, 1.82) is 0 Å². The summed E-state index contributed by atoms with van der Waals surface area (Å²) >= 11 is 1.48. The van der Waals surface area contributed by atoms with E-state index in [1.165, 1.54) is 28.5 Å². The molecule has 1 amide bonds. The van der Waals surface area contributed by atoms with Gasteiger partial charge in [0, 0.05) is 32.2 Å². The minimum absolute atomic E-state index is 0.311. The van der Waals surface area contributed by atoms with Gasteiger partial charge in [0.05, 0.1) is 22.9 Å². The van der Waals surface area contributed by atoms with E-state index in [2.05, 4.69) is 37.5 Å². The molecule has 0 spiro atoms. The third-order valence-electron chi connectivity index (χ3n) is 4.83. The summed E-state index contributed by atoms with van der Waals surface area (Å²) < 4.78 is 13.3. The quantitative estimate of drug-likeness (QED) is 0.187. The topological polar surface area (TPSA) is 121 Å². The Hall–Kier alpha value is -3.67. The molecule has 0 unspecified atom stereocenters. The van der Waals surface area contributed by atoms with Crippen molar-refractivity contribution in [1.82, 2.24) is 30.6 Å². The van der Waals surface area contributed by atoms with Crippen LogP contribution in [0.25, 0.3) is 5.57 Å². The van der Waals surface area contributed by atoms with E-state index >= 15 is 0 Å². The molecule has 34 heavy (non-hydrogen) atoms. The maximum absolute atomic E-state index is 13.3. The fourth-order valence-electron chi connectivity index (χ4n) is 3.00. The number of halogens is 1. The van der Waals surface area contributed by atoms with Crippen LogP contribution in [0.3, 0.4) is 0 Å². The largest absolute Gasteiger partial charge is 0.357 e. The van der Waals surface area contributed by atoms with Crippen molar-refractivity contribution in [3.63, 3.8) is 0 Å². The highest BCUT2D eigenvalue weighted by molar-refractivity contribution is 7.07. The lowest BCUT2D eigenvalue weighted by molar-refractivity contribution is -0.122. The van der Waals surface area contributed by atoms with Crippen molar-refractivity contribution in [2.75, 3.05) is 19.4 Å². The predicted octanol–water partition coefficient (Wildman–Crippen LogP) is 2.29. The van der Waals surface area contributed by atoms with Crippen LogP contribution in [0.5, 0.6) is 0 Å². The number of nitrogens with two attached hydrogens (primary N) is 1. The van der Waals surface area contributed by atoms with E-state index in [0.29, 0.717) is 36.0 Å². The van der Waals surface area contributed by atoms with Crippen LogP contribution in [0.4, 0.5) is 10.3 Å². The number of carbonyl (C=O) groups is 1. The van der Waals surface area contributed by atoms with Gasteiger partial charge in [-0.2, -0.15) is 0 Å². The number of carbonyl (C=O) groups excluding carboxylic acids is 1. The molecule has 0 saturated heterocycles. The highest BCUT2D eigenvalue weighted by atomic mass is 32.1. The molecule has 11 heteroatoms. The van der Waals surface area contributed by atoms with E-state index < -0.39 is 6.04 Å². The molecule has 5 N–H and O–H groups in total. The molecule has 0 aliphatic rings. The zero-order chi connectivity index (χ0) is 24.5. The molecular weight excluding hydrogens is 455 g/mol. The fourth-order valence-corrected chi connectivity index (χ4v) is 3.56. The standard InChI is InChI=1S/C23H27FN8OS/c1-15(19-8-9-27-23(26-2)30-19)10-21(32(3)25)31-22(33)20(28-12-18-13-34-14-29-18)11-16-4-6-17(24)7-5-16/h4-10,13-14,20,28H,1,11-12,25H2,2-3H3,(H,31,33)(H,26,27,30)/b21-10-/t20-/m0/s1. The van der Waals surface area contributed by atoms with Gasteiger partial charge in [-0.15, -0.1) is 11.3 Å². The Morgan fingerprint density at radius 3 is 2.71 bits per heavy atom. The number of amides is 1. The first kappa shape index (κ1) is 25.0. The summed E-state index contributed by atoms with van der Waals surface area (Å²) in [5, 5.41) is 12.2. The molecule has 1 atom stereocenters. The highest BCUT2D eigenvalue weighted by Gasteiger charge is 2.21. The van der Waals surface area contributed by atoms with Crippen LogP contribution in [0.2, 0.25) is 0 Å². The Labute approximate surface area is 201 Å². The van der Waals surface area contributed by atoms with Gasteiger partial charge in [0.15, 0.2) is 0 Å². The summed E-state index contributed by atoms with van der Waals surface area (Å²) in [6.07, 6.45) is 3.59. The third-order valence-corrected chi connectivity index (χ3v) is 5.47. The summed E-state index contributed by atoms with van der Waals surface area (Å²) in [7, 11) is 3.33. The molecule has 0 saturated carbocycles. The first-order valence-electron chi connectivity index (χ1n) is 10.4. The lowest BCUT2D eigenvalue weighted by atomic mass is 10.0. The van der Waals surface area contributed by atoms with Crippen molar-refractivity contribution in [3.05, 3.63) is 88.7 Å². The lowest BCUT2D eigenvalue weighted by Gasteiger charge is -2.23. The molecule has 0 radical (unpaired) electrons. The molecule has 1 aromatic carbocycles. The van der Waals surface area contributed by atoms with Gasteiger partial charge < -0.3 is 10.6 Å². The second kappa shape index (κ2) is 12.0. The number of anilines is 1. The van der Waals surface area contributed by atoms with E-state index in [1.54, 1.807) is 50.1 Å². The number of allylic oxidation sites excluding steroid dienone is 2. The number of aromatic nitrogens is 3. The van der Waals surface area contributed by atoms with Crippen LogP contribution in [0.1, 0.15) is 17.0 Å². The van der Waals surface area contributed by atoms with Crippen molar-refractivity contribution in [3.8, 4) is 0 Å². The lowest BCUT2D eigenvalue weighted by Crippen LogP contribution is -2.48. The number of nitrogens with zero attached hydrogens (tertiary/aromatic N) is 4. The first-order valence-corrected chi connectivity index (χ1v) is 11.4. The zero-order valence-corrected chi connectivity index (χ0v) is 19.8. The minimum Gasteiger partial charge on any atom is -0.357 e. The highest BCUT2D eigenvalue weighted by Crippen LogP contribution is 2.15. The van der Waals surface area contributed by atoms with E-state index in [0.717, 1.165) is 11.3 Å². The Morgan fingerprint density at radius 1 is 1.29 bits per heavy atom. The zero-order valence-electron chi connectivity index (χ0n) is 19.0.